The Morgan fingerprint density at radius 2 is 1.41 bits per heavy atom. The van der Waals surface area contributed by atoms with Gasteiger partial charge in [0.2, 0.25) is 0 Å². The van der Waals surface area contributed by atoms with E-state index in [1.807, 2.05) is 13.0 Å². The van der Waals surface area contributed by atoms with E-state index >= 15 is 0 Å². The van der Waals surface area contributed by atoms with Gasteiger partial charge in [-0.1, -0.05) is 0 Å². The molecule has 0 unspecified atom stereocenters. The number of benzene rings is 1. The lowest BCUT2D eigenvalue weighted by molar-refractivity contribution is 0.0320. The summed E-state index contributed by atoms with van der Waals surface area (Å²) in [6.45, 7) is 11.4. The standard InChI is InChI=1S/C22H30N2O6.2ClH/c1-17-14-21(25)30-20-16-18(28-12-6-23-2-8-26-9-3-23)15-19(22(17)20)29-13-7-24-4-10-27-11-5-24;;/h14-16H,2-13H2,1H3;2*1H. The van der Waals surface area contributed by atoms with Gasteiger partial charge in [0.25, 0.3) is 0 Å². The number of aryl methyl sites for hydroxylation is 1. The molecular weight excluding hydrogens is 459 g/mol. The maximum atomic E-state index is 11.9. The minimum atomic E-state index is -0.371. The molecule has 2 aliphatic heterocycles. The monoisotopic (exact) mass is 490 g/mol. The maximum absolute atomic E-state index is 11.9. The van der Waals surface area contributed by atoms with E-state index in [1.54, 1.807) is 6.07 Å². The van der Waals surface area contributed by atoms with Crippen LogP contribution in [0, 0.1) is 6.92 Å². The lowest BCUT2D eigenvalue weighted by Crippen LogP contribution is -2.38. The zero-order chi connectivity index (χ0) is 20.8. The van der Waals surface area contributed by atoms with Crippen molar-refractivity contribution in [2.75, 3.05) is 78.9 Å². The molecule has 0 saturated carbocycles. The summed E-state index contributed by atoms with van der Waals surface area (Å²) in [5, 5.41) is 0.817. The third-order valence-corrected chi connectivity index (χ3v) is 5.53. The van der Waals surface area contributed by atoms with Crippen molar-refractivity contribution in [1.29, 1.82) is 0 Å². The van der Waals surface area contributed by atoms with Crippen molar-refractivity contribution in [3.8, 4) is 11.5 Å². The molecule has 10 heteroatoms. The first-order valence-electron chi connectivity index (χ1n) is 10.6. The van der Waals surface area contributed by atoms with E-state index in [1.165, 1.54) is 6.07 Å². The van der Waals surface area contributed by atoms with Crippen LogP contribution in [0.4, 0.5) is 0 Å². The van der Waals surface area contributed by atoms with Gasteiger partial charge in [-0.2, -0.15) is 0 Å². The lowest BCUT2D eigenvalue weighted by Gasteiger charge is -2.26. The van der Waals surface area contributed by atoms with Gasteiger partial charge in [-0.25, -0.2) is 4.79 Å². The summed E-state index contributed by atoms with van der Waals surface area (Å²) in [6.07, 6.45) is 0. The number of hydrogen-bond donors (Lipinski definition) is 0. The Balaban J connectivity index is 0.00000181. The summed E-state index contributed by atoms with van der Waals surface area (Å²) in [5.74, 6) is 1.33. The average molecular weight is 491 g/mol. The van der Waals surface area contributed by atoms with Crippen LogP contribution in [0.15, 0.2) is 27.4 Å². The number of nitrogens with zero attached hydrogens (tertiary/aromatic N) is 2. The molecule has 0 N–H and O–H groups in total. The molecule has 3 heterocycles. The Hall–Kier alpha value is -1.55. The number of morpholine rings is 2. The molecule has 2 saturated heterocycles. The smallest absolute Gasteiger partial charge is 0.336 e. The molecule has 1 aromatic carbocycles. The van der Waals surface area contributed by atoms with Crippen molar-refractivity contribution in [2.45, 2.75) is 6.92 Å². The number of rotatable bonds is 8. The van der Waals surface area contributed by atoms with Crippen LogP contribution in [0.3, 0.4) is 0 Å². The first kappa shape index (κ1) is 26.7. The van der Waals surface area contributed by atoms with E-state index in [0.717, 1.165) is 76.6 Å². The molecule has 8 nitrogen and oxygen atoms in total. The van der Waals surface area contributed by atoms with E-state index < -0.39 is 0 Å². The molecule has 4 rings (SSSR count). The quantitative estimate of drug-likeness (QED) is 0.522. The van der Waals surface area contributed by atoms with Crippen LogP contribution in [0.25, 0.3) is 11.0 Å². The topological polar surface area (TPSA) is 73.6 Å². The number of ether oxygens (including phenoxy) is 4. The minimum absolute atomic E-state index is 0. The van der Waals surface area contributed by atoms with Gasteiger partial charge in [0.1, 0.15) is 30.3 Å². The van der Waals surface area contributed by atoms with Crippen molar-refractivity contribution >= 4 is 35.8 Å². The van der Waals surface area contributed by atoms with Crippen LogP contribution in [-0.2, 0) is 9.47 Å². The summed E-state index contributed by atoms with van der Waals surface area (Å²) in [6, 6.07) is 5.17. The molecule has 180 valence electrons. The van der Waals surface area contributed by atoms with Crippen LogP contribution in [0.2, 0.25) is 0 Å². The van der Waals surface area contributed by atoms with Gasteiger partial charge in [-0.3, -0.25) is 9.80 Å². The van der Waals surface area contributed by atoms with Gasteiger partial charge in [0, 0.05) is 57.5 Å². The molecule has 0 radical (unpaired) electrons. The Morgan fingerprint density at radius 3 is 2.00 bits per heavy atom. The van der Waals surface area contributed by atoms with Crippen LogP contribution < -0.4 is 15.1 Å². The largest absolute Gasteiger partial charge is 0.492 e. The fraction of sp³-hybridized carbons (Fsp3) is 0.591. The zero-order valence-electron chi connectivity index (χ0n) is 18.4. The average Bonchev–Trinajstić information content (AvgIpc) is 2.74. The van der Waals surface area contributed by atoms with Gasteiger partial charge in [-0.15, -0.1) is 24.8 Å². The Morgan fingerprint density at radius 1 is 0.844 bits per heavy atom. The Bertz CT molecular complexity index is 898. The first-order valence-corrected chi connectivity index (χ1v) is 10.6. The van der Waals surface area contributed by atoms with Gasteiger partial charge in [-0.05, 0) is 12.5 Å². The summed E-state index contributed by atoms with van der Waals surface area (Å²) in [7, 11) is 0. The van der Waals surface area contributed by atoms with E-state index in [-0.39, 0.29) is 30.4 Å². The molecule has 0 amide bonds. The lowest BCUT2D eigenvalue weighted by atomic mass is 10.1. The molecule has 2 aliphatic rings. The highest BCUT2D eigenvalue weighted by atomic mass is 35.5. The van der Waals surface area contributed by atoms with Crippen LogP contribution in [0.5, 0.6) is 11.5 Å². The van der Waals surface area contributed by atoms with Crippen molar-refractivity contribution < 1.29 is 23.4 Å². The van der Waals surface area contributed by atoms with Crippen LogP contribution in [0.1, 0.15) is 5.56 Å². The third kappa shape index (κ3) is 7.23. The molecule has 0 atom stereocenters. The van der Waals surface area contributed by atoms with E-state index in [2.05, 4.69) is 9.80 Å². The second kappa shape index (κ2) is 13.2. The fourth-order valence-electron chi connectivity index (χ4n) is 3.85. The molecule has 2 fully saturated rings. The predicted octanol–water partition coefficient (Wildman–Crippen LogP) is 2.37. The van der Waals surface area contributed by atoms with Gasteiger partial charge < -0.3 is 23.4 Å². The van der Waals surface area contributed by atoms with Crippen molar-refractivity contribution in [3.05, 3.63) is 34.2 Å². The summed E-state index contributed by atoms with van der Waals surface area (Å²) in [5.41, 5.74) is 0.956. The van der Waals surface area contributed by atoms with Crippen LogP contribution >= 0.6 is 24.8 Å². The highest BCUT2D eigenvalue weighted by molar-refractivity contribution is 5.88. The molecule has 0 aliphatic carbocycles. The number of hydrogen-bond acceptors (Lipinski definition) is 8. The third-order valence-electron chi connectivity index (χ3n) is 5.53. The second-order valence-electron chi connectivity index (χ2n) is 7.65. The molecule has 1 aromatic heterocycles. The molecule has 0 bridgehead atoms. The SMILES string of the molecule is Cc1cc(=O)oc2cc(OCCN3CCOCC3)cc(OCCN3CCOCC3)c12.Cl.Cl. The van der Waals surface area contributed by atoms with Gasteiger partial charge in [0.05, 0.1) is 31.8 Å². The maximum Gasteiger partial charge on any atom is 0.336 e. The van der Waals surface area contributed by atoms with Gasteiger partial charge >= 0.3 is 5.63 Å². The molecule has 0 spiro atoms. The van der Waals surface area contributed by atoms with Gasteiger partial charge in [0.15, 0.2) is 0 Å². The van der Waals surface area contributed by atoms with E-state index in [4.69, 9.17) is 23.4 Å². The second-order valence-corrected chi connectivity index (χ2v) is 7.65. The van der Waals surface area contributed by atoms with Crippen molar-refractivity contribution in [1.82, 2.24) is 9.80 Å². The predicted molar refractivity (Wildman–Crippen MR) is 127 cm³/mol. The highest BCUT2D eigenvalue weighted by Gasteiger charge is 2.15. The summed E-state index contributed by atoms with van der Waals surface area (Å²) in [4.78, 5) is 16.5. The molecular formula is C22H32Cl2N2O6. The zero-order valence-corrected chi connectivity index (χ0v) is 20.0. The normalized spacial score (nSPS) is 17.4. The molecule has 32 heavy (non-hydrogen) atoms. The minimum Gasteiger partial charge on any atom is -0.492 e. The Labute approximate surface area is 200 Å². The highest BCUT2D eigenvalue weighted by Crippen LogP contribution is 2.33. The molecule has 2 aromatic rings. The first-order chi connectivity index (χ1) is 14.7. The number of halogens is 2. The van der Waals surface area contributed by atoms with E-state index in [9.17, 15) is 4.79 Å². The van der Waals surface area contributed by atoms with Crippen LogP contribution in [-0.4, -0.2) is 88.7 Å². The Kier molecular flexibility index (Phi) is 11.0. The van der Waals surface area contributed by atoms with Crippen molar-refractivity contribution in [2.24, 2.45) is 0 Å². The summed E-state index contributed by atoms with van der Waals surface area (Å²) >= 11 is 0. The fourth-order valence-corrected chi connectivity index (χ4v) is 3.85. The van der Waals surface area contributed by atoms with Crippen molar-refractivity contribution in [3.63, 3.8) is 0 Å². The number of fused-ring (bicyclic) bond motifs is 1. The summed E-state index contributed by atoms with van der Waals surface area (Å²) < 4.78 is 28.3. The van der Waals surface area contributed by atoms with E-state index in [0.29, 0.717) is 30.3 Å².